The summed E-state index contributed by atoms with van der Waals surface area (Å²) in [5, 5.41) is 3.11. The molecule has 4 heterocycles. The number of fused-ring (bicyclic) bond motifs is 1. The summed E-state index contributed by atoms with van der Waals surface area (Å²) in [5.41, 5.74) is 3.11. The first-order valence-electron chi connectivity index (χ1n) is 10.3. The van der Waals surface area contributed by atoms with Gasteiger partial charge in [-0.3, -0.25) is 9.79 Å². The number of aliphatic imine (C=N–C) groups is 1. The molecule has 0 bridgehead atoms. The summed E-state index contributed by atoms with van der Waals surface area (Å²) >= 11 is 1.63. The average molecular weight is 421 g/mol. The summed E-state index contributed by atoms with van der Waals surface area (Å²) in [6.45, 7) is 6.63. The number of hydrogen-bond donors (Lipinski definition) is 0. The number of nitrogens with zero attached hydrogens (tertiary/aromatic N) is 6. The van der Waals surface area contributed by atoms with Gasteiger partial charge in [0.25, 0.3) is 0 Å². The molecule has 0 atom stereocenters. The Morgan fingerprint density at radius 2 is 1.87 bits per heavy atom. The zero-order chi connectivity index (χ0) is 20.5. The van der Waals surface area contributed by atoms with Gasteiger partial charge in [0.1, 0.15) is 11.6 Å². The van der Waals surface area contributed by atoms with Gasteiger partial charge >= 0.3 is 0 Å². The SMILES string of the molecule is Cc1nc(-c2ccccc2)cc(N2CCN(C(=O)CC3=CSC4=NCCN34)CC2)n1. The summed E-state index contributed by atoms with van der Waals surface area (Å²) in [4.78, 5) is 33.0. The van der Waals surface area contributed by atoms with Gasteiger partial charge in [0.05, 0.1) is 18.7 Å². The summed E-state index contributed by atoms with van der Waals surface area (Å²) < 4.78 is 0. The minimum Gasteiger partial charge on any atom is -0.353 e. The van der Waals surface area contributed by atoms with E-state index in [1.165, 1.54) is 0 Å². The van der Waals surface area contributed by atoms with Gasteiger partial charge in [-0.25, -0.2) is 9.97 Å². The van der Waals surface area contributed by atoms with Crippen molar-refractivity contribution in [3.8, 4) is 11.3 Å². The molecule has 8 heteroatoms. The Kier molecular flexibility index (Phi) is 5.16. The van der Waals surface area contributed by atoms with Crippen LogP contribution in [0.25, 0.3) is 11.3 Å². The van der Waals surface area contributed by atoms with Crippen LogP contribution in [0.4, 0.5) is 5.82 Å². The number of benzene rings is 1. The van der Waals surface area contributed by atoms with E-state index in [1.807, 2.05) is 30.0 Å². The highest BCUT2D eigenvalue weighted by molar-refractivity contribution is 8.16. The quantitative estimate of drug-likeness (QED) is 0.758. The van der Waals surface area contributed by atoms with E-state index in [4.69, 9.17) is 0 Å². The van der Waals surface area contributed by atoms with E-state index in [0.29, 0.717) is 19.5 Å². The normalized spacial score (nSPS) is 18.4. The first-order valence-corrected chi connectivity index (χ1v) is 11.2. The first-order chi connectivity index (χ1) is 14.7. The number of thioether (sulfide) groups is 1. The molecule has 0 spiro atoms. The number of carbonyl (C=O) groups excluding carboxylic acids is 1. The van der Waals surface area contributed by atoms with Crippen molar-refractivity contribution in [3.63, 3.8) is 0 Å². The van der Waals surface area contributed by atoms with Crippen LogP contribution in [0.3, 0.4) is 0 Å². The second kappa shape index (κ2) is 8.10. The number of aromatic nitrogens is 2. The maximum atomic E-state index is 12.8. The third-order valence-corrected chi connectivity index (χ3v) is 6.58. The number of amidine groups is 1. The van der Waals surface area contributed by atoms with E-state index < -0.39 is 0 Å². The van der Waals surface area contributed by atoms with E-state index in [-0.39, 0.29) is 5.91 Å². The summed E-state index contributed by atoms with van der Waals surface area (Å²) in [7, 11) is 0. The lowest BCUT2D eigenvalue weighted by Crippen LogP contribution is -2.49. The van der Waals surface area contributed by atoms with Crippen LogP contribution >= 0.6 is 11.8 Å². The maximum Gasteiger partial charge on any atom is 0.228 e. The van der Waals surface area contributed by atoms with Crippen molar-refractivity contribution < 1.29 is 4.79 Å². The molecule has 154 valence electrons. The van der Waals surface area contributed by atoms with Crippen LogP contribution in [0.15, 0.2) is 52.5 Å². The van der Waals surface area contributed by atoms with Crippen molar-refractivity contribution in [1.82, 2.24) is 19.8 Å². The molecule has 3 aliphatic rings. The lowest BCUT2D eigenvalue weighted by Gasteiger charge is -2.36. The molecule has 1 aromatic carbocycles. The average Bonchev–Trinajstić information content (AvgIpc) is 3.39. The number of carbonyl (C=O) groups is 1. The van der Waals surface area contributed by atoms with E-state index in [0.717, 1.165) is 59.9 Å². The fourth-order valence-corrected chi connectivity index (χ4v) is 4.99. The molecular formula is C22H24N6OS. The van der Waals surface area contributed by atoms with E-state index >= 15 is 0 Å². The van der Waals surface area contributed by atoms with Gasteiger partial charge in [-0.2, -0.15) is 0 Å². The molecule has 7 nitrogen and oxygen atoms in total. The molecule has 0 N–H and O–H groups in total. The number of amides is 1. The second-order valence-electron chi connectivity index (χ2n) is 7.61. The molecule has 0 aliphatic carbocycles. The van der Waals surface area contributed by atoms with Crippen LogP contribution in [-0.2, 0) is 4.79 Å². The minimum absolute atomic E-state index is 0.193. The van der Waals surface area contributed by atoms with Crippen molar-refractivity contribution in [1.29, 1.82) is 0 Å². The lowest BCUT2D eigenvalue weighted by atomic mass is 10.1. The van der Waals surface area contributed by atoms with Crippen LogP contribution in [0.1, 0.15) is 12.2 Å². The molecule has 0 unspecified atom stereocenters. The fourth-order valence-electron chi connectivity index (χ4n) is 4.04. The van der Waals surface area contributed by atoms with Gasteiger partial charge in [-0.15, -0.1) is 0 Å². The van der Waals surface area contributed by atoms with Gasteiger partial charge < -0.3 is 14.7 Å². The van der Waals surface area contributed by atoms with Gasteiger partial charge in [0.15, 0.2) is 5.17 Å². The molecule has 1 saturated heterocycles. The van der Waals surface area contributed by atoms with E-state index in [2.05, 4.69) is 48.4 Å². The predicted molar refractivity (Wildman–Crippen MR) is 120 cm³/mol. The fraction of sp³-hybridized carbons (Fsp3) is 0.364. The first kappa shape index (κ1) is 19.1. The standard InChI is InChI=1S/C22H24N6OS/c1-16-24-19(17-5-3-2-4-6-17)14-20(25-16)26-9-11-27(12-10-26)21(29)13-18-15-30-22-23-7-8-28(18)22/h2-6,14-15H,7-13H2,1H3. The van der Waals surface area contributed by atoms with Gasteiger partial charge in [-0.05, 0) is 12.3 Å². The highest BCUT2D eigenvalue weighted by Crippen LogP contribution is 2.31. The highest BCUT2D eigenvalue weighted by atomic mass is 32.2. The monoisotopic (exact) mass is 420 g/mol. The Morgan fingerprint density at radius 3 is 2.67 bits per heavy atom. The smallest absolute Gasteiger partial charge is 0.228 e. The minimum atomic E-state index is 0.193. The Hall–Kier alpha value is -2.87. The molecule has 0 saturated carbocycles. The van der Waals surface area contributed by atoms with Crippen LogP contribution in [-0.4, -0.2) is 70.1 Å². The number of aryl methyl sites for hydroxylation is 1. The highest BCUT2D eigenvalue weighted by Gasteiger charge is 2.30. The number of anilines is 1. The Labute approximate surface area is 180 Å². The molecule has 0 radical (unpaired) electrons. The number of hydrogen-bond acceptors (Lipinski definition) is 7. The van der Waals surface area contributed by atoms with E-state index in [9.17, 15) is 4.79 Å². The number of piperazine rings is 1. The zero-order valence-electron chi connectivity index (χ0n) is 17.0. The molecule has 2 aromatic rings. The lowest BCUT2D eigenvalue weighted by molar-refractivity contribution is -0.130. The van der Waals surface area contributed by atoms with Crippen molar-refractivity contribution in [3.05, 3.63) is 53.3 Å². The van der Waals surface area contributed by atoms with Gasteiger partial charge in [0.2, 0.25) is 5.91 Å². The second-order valence-corrected chi connectivity index (χ2v) is 8.45. The molecule has 5 rings (SSSR count). The topological polar surface area (TPSA) is 64.9 Å². The maximum absolute atomic E-state index is 12.8. The van der Waals surface area contributed by atoms with Gasteiger partial charge in [-0.1, -0.05) is 42.1 Å². The molecule has 3 aliphatic heterocycles. The predicted octanol–water partition coefficient (Wildman–Crippen LogP) is 2.75. The van der Waals surface area contributed by atoms with Crippen molar-refractivity contribution >= 4 is 28.7 Å². The van der Waals surface area contributed by atoms with Crippen molar-refractivity contribution in [2.75, 3.05) is 44.2 Å². The largest absolute Gasteiger partial charge is 0.353 e. The summed E-state index contributed by atoms with van der Waals surface area (Å²) in [5.74, 6) is 1.89. The van der Waals surface area contributed by atoms with Crippen LogP contribution < -0.4 is 4.90 Å². The molecule has 1 amide bonds. The zero-order valence-corrected chi connectivity index (χ0v) is 17.8. The summed E-state index contributed by atoms with van der Waals surface area (Å²) in [6.07, 6.45) is 0.455. The molecular weight excluding hydrogens is 396 g/mol. The Balaban J connectivity index is 1.22. The summed E-state index contributed by atoms with van der Waals surface area (Å²) in [6, 6.07) is 12.2. The number of rotatable bonds is 4. The van der Waals surface area contributed by atoms with Crippen molar-refractivity contribution in [2.45, 2.75) is 13.3 Å². The van der Waals surface area contributed by atoms with Crippen LogP contribution in [0.2, 0.25) is 0 Å². The van der Waals surface area contributed by atoms with E-state index in [1.54, 1.807) is 11.8 Å². The molecule has 1 aromatic heterocycles. The van der Waals surface area contributed by atoms with Gasteiger partial charge in [0, 0.05) is 50.1 Å². The molecule has 1 fully saturated rings. The third-order valence-electron chi connectivity index (χ3n) is 5.63. The Morgan fingerprint density at radius 1 is 1.07 bits per heavy atom. The molecule has 30 heavy (non-hydrogen) atoms. The van der Waals surface area contributed by atoms with Crippen LogP contribution in [0.5, 0.6) is 0 Å². The van der Waals surface area contributed by atoms with Crippen LogP contribution in [0, 0.1) is 6.92 Å². The third kappa shape index (κ3) is 3.79. The van der Waals surface area contributed by atoms with Crippen molar-refractivity contribution in [2.24, 2.45) is 4.99 Å². The Bertz CT molecular complexity index is 1010.